The van der Waals surface area contributed by atoms with Gasteiger partial charge < -0.3 is 19.1 Å². The van der Waals surface area contributed by atoms with Crippen molar-refractivity contribution in [1.82, 2.24) is 15.1 Å². The van der Waals surface area contributed by atoms with E-state index in [1.165, 1.54) is 0 Å². The summed E-state index contributed by atoms with van der Waals surface area (Å²) >= 11 is 0. The van der Waals surface area contributed by atoms with Gasteiger partial charge in [0.15, 0.2) is 0 Å². The average molecular weight is 421 g/mol. The van der Waals surface area contributed by atoms with Crippen LogP contribution in [0.2, 0.25) is 0 Å². The number of nitrogens with one attached hydrogen (secondary N) is 1. The molecule has 0 fully saturated rings. The molecule has 1 amide bonds. The average Bonchev–Trinajstić information content (AvgIpc) is 3.34. The van der Waals surface area contributed by atoms with E-state index in [2.05, 4.69) is 17.1 Å². The largest absolute Gasteiger partial charge is 0.497 e. The number of benzene rings is 2. The second-order valence-electron chi connectivity index (χ2n) is 7.33. The summed E-state index contributed by atoms with van der Waals surface area (Å²) < 4.78 is 16.6. The number of aromatic nitrogens is 2. The lowest BCUT2D eigenvalue weighted by Crippen LogP contribution is -2.30. The number of ether oxygens (including phenoxy) is 3. The molecule has 3 aromatic rings. The van der Waals surface area contributed by atoms with E-state index < -0.39 is 0 Å². The number of rotatable bonds is 8. The summed E-state index contributed by atoms with van der Waals surface area (Å²) in [5.74, 6) is 2.12. The molecule has 7 heteroatoms. The molecule has 2 aromatic carbocycles. The molecule has 2 heterocycles. The molecule has 0 radical (unpaired) electrons. The van der Waals surface area contributed by atoms with E-state index in [-0.39, 0.29) is 11.9 Å². The van der Waals surface area contributed by atoms with Crippen LogP contribution in [0, 0.1) is 0 Å². The third-order valence-electron chi connectivity index (χ3n) is 5.50. The van der Waals surface area contributed by atoms with Crippen LogP contribution < -0.4 is 14.2 Å². The van der Waals surface area contributed by atoms with Crippen molar-refractivity contribution in [3.63, 3.8) is 0 Å². The number of hydrogen-bond donors (Lipinski definition) is 1. The van der Waals surface area contributed by atoms with E-state index >= 15 is 0 Å². The van der Waals surface area contributed by atoms with Gasteiger partial charge in [-0.3, -0.25) is 9.89 Å². The fourth-order valence-electron chi connectivity index (χ4n) is 4.13. The molecule has 1 N–H and O–H groups in total. The van der Waals surface area contributed by atoms with Crippen molar-refractivity contribution in [3.05, 3.63) is 59.3 Å². The van der Waals surface area contributed by atoms with E-state index in [0.29, 0.717) is 30.3 Å². The monoisotopic (exact) mass is 421 g/mol. The Kier molecular flexibility index (Phi) is 5.84. The molecule has 7 nitrogen and oxygen atoms in total. The Morgan fingerprint density at radius 2 is 1.77 bits per heavy atom. The number of nitrogens with zero attached hydrogens (tertiary/aromatic N) is 2. The van der Waals surface area contributed by atoms with E-state index in [1.807, 2.05) is 54.3 Å². The van der Waals surface area contributed by atoms with Crippen LogP contribution in [-0.2, 0) is 0 Å². The highest BCUT2D eigenvalue weighted by atomic mass is 16.5. The molecule has 31 heavy (non-hydrogen) atoms. The minimum absolute atomic E-state index is 0.0515. The number of amides is 1. The molecule has 1 atom stereocenters. The van der Waals surface area contributed by atoms with Crippen molar-refractivity contribution < 1.29 is 19.0 Å². The van der Waals surface area contributed by atoms with Gasteiger partial charge in [0.25, 0.3) is 5.91 Å². The normalized spacial score (nSPS) is 15.2. The second kappa shape index (κ2) is 8.71. The van der Waals surface area contributed by atoms with Crippen LogP contribution in [-0.4, -0.2) is 48.4 Å². The Balaban J connectivity index is 1.85. The maximum atomic E-state index is 13.2. The van der Waals surface area contributed by atoms with Gasteiger partial charge in [-0.15, -0.1) is 0 Å². The number of H-pyrrole nitrogens is 1. The Morgan fingerprint density at radius 1 is 1.03 bits per heavy atom. The van der Waals surface area contributed by atoms with Crippen LogP contribution in [0.3, 0.4) is 0 Å². The lowest BCUT2D eigenvalue weighted by atomic mass is 9.95. The minimum Gasteiger partial charge on any atom is -0.497 e. The SMILES string of the molecule is CCCN1C(=O)c2[nH]nc(-c3ccc(OCC)cc3)c2C1c1ccc(OC)cc1OC. The number of methoxy groups -OCH3 is 2. The summed E-state index contributed by atoms with van der Waals surface area (Å²) in [5, 5.41) is 7.50. The smallest absolute Gasteiger partial charge is 0.273 e. The number of carbonyl (C=O) groups is 1. The molecule has 4 rings (SSSR count). The first-order valence-electron chi connectivity index (χ1n) is 10.5. The maximum Gasteiger partial charge on any atom is 0.273 e. The van der Waals surface area contributed by atoms with Crippen molar-refractivity contribution in [2.75, 3.05) is 27.4 Å². The molecule has 1 unspecified atom stereocenters. The summed E-state index contributed by atoms with van der Waals surface area (Å²) in [6, 6.07) is 13.2. The van der Waals surface area contributed by atoms with Crippen molar-refractivity contribution >= 4 is 5.91 Å². The Labute approximate surface area is 181 Å². The van der Waals surface area contributed by atoms with Crippen LogP contribution >= 0.6 is 0 Å². The molecule has 1 aliphatic heterocycles. The molecule has 0 saturated carbocycles. The molecular formula is C24H27N3O4. The lowest BCUT2D eigenvalue weighted by molar-refractivity contribution is 0.0742. The highest BCUT2D eigenvalue weighted by molar-refractivity contribution is 6.00. The Hall–Kier alpha value is -3.48. The molecule has 0 aliphatic carbocycles. The van der Waals surface area contributed by atoms with Gasteiger partial charge in [-0.2, -0.15) is 5.10 Å². The summed E-state index contributed by atoms with van der Waals surface area (Å²) in [6.45, 7) is 5.25. The first-order chi connectivity index (χ1) is 15.1. The van der Waals surface area contributed by atoms with Gasteiger partial charge in [0.05, 0.1) is 32.6 Å². The molecule has 162 valence electrons. The van der Waals surface area contributed by atoms with Gasteiger partial charge in [-0.1, -0.05) is 6.92 Å². The van der Waals surface area contributed by atoms with Gasteiger partial charge >= 0.3 is 0 Å². The van der Waals surface area contributed by atoms with Gasteiger partial charge in [-0.25, -0.2) is 0 Å². The lowest BCUT2D eigenvalue weighted by Gasteiger charge is -2.27. The van der Waals surface area contributed by atoms with Crippen molar-refractivity contribution in [2.45, 2.75) is 26.3 Å². The van der Waals surface area contributed by atoms with Crippen molar-refractivity contribution in [2.24, 2.45) is 0 Å². The highest BCUT2D eigenvalue weighted by Gasteiger charge is 2.42. The van der Waals surface area contributed by atoms with Crippen molar-refractivity contribution in [3.8, 4) is 28.5 Å². The standard InChI is InChI=1S/C24H27N3O4/c1-5-13-27-23(18-12-11-17(29-3)14-19(18)30-4)20-21(25-26-22(20)24(27)28)15-7-9-16(10-8-15)31-6-2/h7-12,14,23H,5-6,13H2,1-4H3,(H,25,26). The molecular weight excluding hydrogens is 394 g/mol. The van der Waals surface area contributed by atoms with E-state index in [9.17, 15) is 4.79 Å². The van der Waals surface area contributed by atoms with E-state index in [0.717, 1.165) is 34.6 Å². The van der Waals surface area contributed by atoms with Crippen LogP contribution in [0.15, 0.2) is 42.5 Å². The Bertz CT molecular complexity index is 1070. The maximum absolute atomic E-state index is 13.2. The topological polar surface area (TPSA) is 76.7 Å². The molecule has 0 bridgehead atoms. The fraction of sp³-hybridized carbons (Fsp3) is 0.333. The zero-order chi connectivity index (χ0) is 22.0. The summed E-state index contributed by atoms with van der Waals surface area (Å²) in [5.41, 5.74) is 3.97. The number of aromatic amines is 1. The van der Waals surface area contributed by atoms with Crippen LogP contribution in [0.25, 0.3) is 11.3 Å². The van der Waals surface area contributed by atoms with E-state index in [1.54, 1.807) is 14.2 Å². The van der Waals surface area contributed by atoms with Crippen LogP contribution in [0.4, 0.5) is 0 Å². The second-order valence-corrected chi connectivity index (χ2v) is 7.33. The zero-order valence-electron chi connectivity index (χ0n) is 18.3. The third kappa shape index (κ3) is 3.60. The fourth-order valence-corrected chi connectivity index (χ4v) is 4.13. The first kappa shape index (κ1) is 20.8. The highest BCUT2D eigenvalue weighted by Crippen LogP contribution is 2.46. The minimum atomic E-state index is -0.302. The molecule has 0 spiro atoms. The van der Waals surface area contributed by atoms with E-state index in [4.69, 9.17) is 14.2 Å². The summed E-state index contributed by atoms with van der Waals surface area (Å²) in [4.78, 5) is 15.1. The van der Waals surface area contributed by atoms with Gasteiger partial charge in [0, 0.05) is 29.3 Å². The molecule has 1 aliphatic rings. The van der Waals surface area contributed by atoms with Gasteiger partial charge in [0.1, 0.15) is 22.9 Å². The van der Waals surface area contributed by atoms with Crippen molar-refractivity contribution in [1.29, 1.82) is 0 Å². The van der Waals surface area contributed by atoms with Gasteiger partial charge in [0.2, 0.25) is 0 Å². The zero-order valence-corrected chi connectivity index (χ0v) is 18.3. The number of carbonyl (C=O) groups excluding carboxylic acids is 1. The summed E-state index contributed by atoms with van der Waals surface area (Å²) in [6.07, 6.45) is 0.844. The molecule has 1 aromatic heterocycles. The number of fused-ring (bicyclic) bond motifs is 1. The Morgan fingerprint density at radius 3 is 2.42 bits per heavy atom. The quantitative estimate of drug-likeness (QED) is 0.582. The molecule has 0 saturated heterocycles. The van der Waals surface area contributed by atoms with Gasteiger partial charge in [-0.05, 0) is 49.7 Å². The summed E-state index contributed by atoms with van der Waals surface area (Å²) in [7, 11) is 3.25. The van der Waals surface area contributed by atoms with Crippen LogP contribution in [0.1, 0.15) is 47.9 Å². The first-order valence-corrected chi connectivity index (χ1v) is 10.5. The number of hydrogen-bond acceptors (Lipinski definition) is 5. The van der Waals surface area contributed by atoms with Crippen LogP contribution in [0.5, 0.6) is 17.2 Å². The predicted molar refractivity (Wildman–Crippen MR) is 118 cm³/mol. The predicted octanol–water partition coefficient (Wildman–Crippen LogP) is 4.45. The third-order valence-corrected chi connectivity index (χ3v) is 5.50.